The predicted octanol–water partition coefficient (Wildman–Crippen LogP) is 1.26. The number of aliphatic hydroxyl groups excluding tert-OH is 1. The van der Waals surface area contributed by atoms with E-state index in [4.69, 9.17) is 4.74 Å². The Morgan fingerprint density at radius 1 is 1.27 bits per heavy atom. The molecule has 4 atom stereocenters. The van der Waals surface area contributed by atoms with Gasteiger partial charge in [0.2, 0.25) is 0 Å². The molecular formula is C12H23NO2. The molecule has 2 aliphatic rings. The average molecular weight is 213 g/mol. The van der Waals surface area contributed by atoms with Crippen molar-refractivity contribution in [2.24, 2.45) is 5.92 Å². The fourth-order valence-corrected chi connectivity index (χ4v) is 2.92. The summed E-state index contributed by atoms with van der Waals surface area (Å²) in [5.41, 5.74) is 0. The summed E-state index contributed by atoms with van der Waals surface area (Å²) in [6.07, 6.45) is 3.17. The van der Waals surface area contributed by atoms with Gasteiger partial charge in [0, 0.05) is 18.6 Å². The van der Waals surface area contributed by atoms with Crippen LogP contribution in [0.5, 0.6) is 0 Å². The molecule has 4 unspecified atom stereocenters. The van der Waals surface area contributed by atoms with Crippen LogP contribution in [0.4, 0.5) is 0 Å². The fraction of sp³-hybridized carbons (Fsp3) is 1.00. The minimum absolute atomic E-state index is 0.123. The van der Waals surface area contributed by atoms with Crippen molar-refractivity contribution >= 4 is 0 Å². The third-order valence-corrected chi connectivity index (χ3v) is 3.89. The van der Waals surface area contributed by atoms with Gasteiger partial charge in [-0.3, -0.25) is 4.90 Å². The van der Waals surface area contributed by atoms with Crippen LogP contribution in [-0.2, 0) is 4.74 Å². The second kappa shape index (κ2) is 4.81. The Bertz CT molecular complexity index is 210. The Balaban J connectivity index is 1.99. The van der Waals surface area contributed by atoms with E-state index in [0.29, 0.717) is 12.1 Å². The third kappa shape index (κ3) is 2.52. The van der Waals surface area contributed by atoms with Gasteiger partial charge < -0.3 is 9.84 Å². The first-order valence-electron chi connectivity index (χ1n) is 6.20. The molecule has 0 aromatic carbocycles. The molecule has 3 heteroatoms. The van der Waals surface area contributed by atoms with E-state index in [-0.39, 0.29) is 6.10 Å². The molecule has 0 amide bonds. The summed E-state index contributed by atoms with van der Waals surface area (Å²) in [6.45, 7) is 7.12. The van der Waals surface area contributed by atoms with E-state index in [1.807, 2.05) is 0 Å². The van der Waals surface area contributed by atoms with E-state index in [0.717, 1.165) is 38.5 Å². The summed E-state index contributed by atoms with van der Waals surface area (Å²) in [7, 11) is 0. The molecule has 0 aromatic heterocycles. The molecule has 1 heterocycles. The highest BCUT2D eigenvalue weighted by atomic mass is 16.5. The molecule has 0 spiro atoms. The van der Waals surface area contributed by atoms with Gasteiger partial charge in [-0.05, 0) is 32.1 Å². The van der Waals surface area contributed by atoms with E-state index in [2.05, 4.69) is 18.7 Å². The Labute approximate surface area is 92.4 Å². The summed E-state index contributed by atoms with van der Waals surface area (Å²) in [4.78, 5) is 2.45. The van der Waals surface area contributed by atoms with Crippen LogP contribution in [0.25, 0.3) is 0 Å². The van der Waals surface area contributed by atoms with E-state index in [1.165, 1.54) is 6.42 Å². The van der Waals surface area contributed by atoms with Crippen LogP contribution in [-0.4, -0.2) is 48.0 Å². The van der Waals surface area contributed by atoms with Crippen LogP contribution >= 0.6 is 0 Å². The first kappa shape index (κ1) is 11.4. The van der Waals surface area contributed by atoms with Crippen molar-refractivity contribution < 1.29 is 9.84 Å². The van der Waals surface area contributed by atoms with Crippen molar-refractivity contribution in [2.75, 3.05) is 19.8 Å². The van der Waals surface area contributed by atoms with Gasteiger partial charge in [-0.15, -0.1) is 0 Å². The lowest BCUT2D eigenvalue weighted by Crippen LogP contribution is -2.55. The Morgan fingerprint density at radius 3 is 2.80 bits per heavy atom. The van der Waals surface area contributed by atoms with E-state index in [9.17, 15) is 5.11 Å². The number of rotatable bonds is 1. The largest absolute Gasteiger partial charge is 0.391 e. The number of hydrogen-bond donors (Lipinski definition) is 1. The van der Waals surface area contributed by atoms with Crippen LogP contribution in [0.3, 0.4) is 0 Å². The lowest BCUT2D eigenvalue weighted by molar-refractivity contribution is -0.0711. The van der Waals surface area contributed by atoms with Crippen molar-refractivity contribution in [3.8, 4) is 0 Å². The highest BCUT2D eigenvalue weighted by molar-refractivity contribution is 4.88. The molecule has 1 aliphatic carbocycles. The SMILES string of the molecule is CC1CCC(O)C(N2CCOCC2C)C1. The molecule has 88 valence electrons. The lowest BCUT2D eigenvalue weighted by atomic mass is 9.83. The van der Waals surface area contributed by atoms with Crippen LogP contribution in [0.2, 0.25) is 0 Å². The molecule has 1 aliphatic heterocycles. The predicted molar refractivity (Wildman–Crippen MR) is 59.8 cm³/mol. The standard InChI is InChI=1S/C12H23NO2/c1-9-3-4-12(14)11(7-9)13-5-6-15-8-10(13)2/h9-12,14H,3-8H2,1-2H3. The Morgan fingerprint density at radius 2 is 2.07 bits per heavy atom. The summed E-state index contributed by atoms with van der Waals surface area (Å²) in [5, 5.41) is 10.1. The van der Waals surface area contributed by atoms with Crippen LogP contribution in [0, 0.1) is 5.92 Å². The van der Waals surface area contributed by atoms with Crippen molar-refractivity contribution in [3.63, 3.8) is 0 Å². The van der Waals surface area contributed by atoms with E-state index in [1.54, 1.807) is 0 Å². The summed E-state index contributed by atoms with van der Waals surface area (Å²) < 4.78 is 5.44. The first-order chi connectivity index (χ1) is 7.18. The van der Waals surface area contributed by atoms with E-state index < -0.39 is 0 Å². The van der Waals surface area contributed by atoms with Crippen molar-refractivity contribution in [1.82, 2.24) is 4.90 Å². The molecule has 1 saturated carbocycles. The second-order valence-electron chi connectivity index (χ2n) is 5.21. The zero-order chi connectivity index (χ0) is 10.8. The highest BCUT2D eigenvalue weighted by Gasteiger charge is 2.35. The van der Waals surface area contributed by atoms with Crippen molar-refractivity contribution in [2.45, 2.75) is 51.3 Å². The van der Waals surface area contributed by atoms with Gasteiger partial charge in [0.15, 0.2) is 0 Å². The fourth-order valence-electron chi connectivity index (χ4n) is 2.92. The third-order valence-electron chi connectivity index (χ3n) is 3.89. The average Bonchev–Trinajstić information content (AvgIpc) is 2.23. The Kier molecular flexibility index (Phi) is 3.65. The molecule has 2 rings (SSSR count). The maximum atomic E-state index is 10.1. The maximum absolute atomic E-state index is 10.1. The molecule has 0 bridgehead atoms. The first-order valence-corrected chi connectivity index (χ1v) is 6.20. The molecule has 15 heavy (non-hydrogen) atoms. The number of nitrogens with zero attached hydrogens (tertiary/aromatic N) is 1. The number of ether oxygens (including phenoxy) is 1. The lowest BCUT2D eigenvalue weighted by Gasteiger charge is -2.44. The number of aliphatic hydroxyl groups is 1. The van der Waals surface area contributed by atoms with Gasteiger partial charge >= 0.3 is 0 Å². The van der Waals surface area contributed by atoms with Crippen LogP contribution in [0.1, 0.15) is 33.1 Å². The summed E-state index contributed by atoms with van der Waals surface area (Å²) in [6, 6.07) is 0.830. The molecule has 1 saturated heterocycles. The van der Waals surface area contributed by atoms with Crippen molar-refractivity contribution in [1.29, 1.82) is 0 Å². The monoisotopic (exact) mass is 213 g/mol. The Hall–Kier alpha value is -0.120. The van der Waals surface area contributed by atoms with Gasteiger partial charge in [-0.1, -0.05) is 6.92 Å². The normalized spacial score (nSPS) is 44.2. The van der Waals surface area contributed by atoms with Crippen molar-refractivity contribution in [3.05, 3.63) is 0 Å². The topological polar surface area (TPSA) is 32.7 Å². The number of morpholine rings is 1. The van der Waals surface area contributed by atoms with Gasteiger partial charge in [0.25, 0.3) is 0 Å². The van der Waals surface area contributed by atoms with Crippen LogP contribution in [0.15, 0.2) is 0 Å². The smallest absolute Gasteiger partial charge is 0.0695 e. The van der Waals surface area contributed by atoms with E-state index >= 15 is 0 Å². The minimum Gasteiger partial charge on any atom is -0.391 e. The van der Waals surface area contributed by atoms with Gasteiger partial charge in [0.05, 0.1) is 19.3 Å². The second-order valence-corrected chi connectivity index (χ2v) is 5.21. The molecule has 3 nitrogen and oxygen atoms in total. The zero-order valence-electron chi connectivity index (χ0n) is 9.85. The summed E-state index contributed by atoms with van der Waals surface area (Å²) >= 11 is 0. The molecule has 1 N–H and O–H groups in total. The summed E-state index contributed by atoms with van der Waals surface area (Å²) in [5.74, 6) is 0.758. The molecule has 2 fully saturated rings. The maximum Gasteiger partial charge on any atom is 0.0695 e. The molecule has 0 radical (unpaired) electrons. The van der Waals surface area contributed by atoms with Gasteiger partial charge in [0.1, 0.15) is 0 Å². The minimum atomic E-state index is -0.123. The quantitative estimate of drug-likeness (QED) is 0.711. The van der Waals surface area contributed by atoms with Gasteiger partial charge in [-0.25, -0.2) is 0 Å². The molecular weight excluding hydrogens is 190 g/mol. The van der Waals surface area contributed by atoms with Gasteiger partial charge in [-0.2, -0.15) is 0 Å². The van der Waals surface area contributed by atoms with Crippen LogP contribution < -0.4 is 0 Å². The highest BCUT2D eigenvalue weighted by Crippen LogP contribution is 2.29. The number of hydrogen-bond acceptors (Lipinski definition) is 3. The molecule has 0 aromatic rings. The zero-order valence-corrected chi connectivity index (χ0v) is 9.85.